The van der Waals surface area contributed by atoms with Gasteiger partial charge in [0.15, 0.2) is 0 Å². The van der Waals surface area contributed by atoms with Crippen molar-refractivity contribution >= 4 is 29.5 Å². The molecule has 0 aliphatic heterocycles. The van der Waals surface area contributed by atoms with Crippen LogP contribution in [0.5, 0.6) is 0 Å². The summed E-state index contributed by atoms with van der Waals surface area (Å²) in [6.45, 7) is 0.798. The van der Waals surface area contributed by atoms with E-state index in [1.807, 2.05) is 0 Å². The summed E-state index contributed by atoms with van der Waals surface area (Å²) in [7, 11) is -0.701. The summed E-state index contributed by atoms with van der Waals surface area (Å²) in [6.07, 6.45) is 0.901. The standard InChI is InChI=1S/C32H28NP/c1-5-14-26(15-6-1)24-28-18-13-23-31(32(28)33-25-27-16-7-2-8-17-27)34(29-19-9-3-10-20-29)30-21-11-4-12-22-30/h1-23,33H,24-25H2. The molecule has 0 saturated heterocycles. The minimum atomic E-state index is -0.701. The Bertz CT molecular complexity index is 1260. The van der Waals surface area contributed by atoms with Gasteiger partial charge in [-0.3, -0.25) is 0 Å². The molecule has 0 bridgehead atoms. The second kappa shape index (κ2) is 11.0. The van der Waals surface area contributed by atoms with E-state index >= 15 is 0 Å². The van der Waals surface area contributed by atoms with E-state index in [0.717, 1.165) is 13.0 Å². The molecule has 0 amide bonds. The van der Waals surface area contributed by atoms with Crippen LogP contribution in [0.1, 0.15) is 16.7 Å². The van der Waals surface area contributed by atoms with Gasteiger partial charge in [0.2, 0.25) is 0 Å². The molecule has 5 rings (SSSR count). The first-order valence-electron chi connectivity index (χ1n) is 11.7. The summed E-state index contributed by atoms with van der Waals surface area (Å²) < 4.78 is 0. The second-order valence-electron chi connectivity index (χ2n) is 8.32. The van der Waals surface area contributed by atoms with Crippen LogP contribution in [0, 0.1) is 0 Å². The van der Waals surface area contributed by atoms with Crippen LogP contribution in [0.25, 0.3) is 0 Å². The van der Waals surface area contributed by atoms with E-state index in [9.17, 15) is 0 Å². The molecule has 1 N–H and O–H groups in total. The molecule has 1 nitrogen and oxygen atoms in total. The lowest BCUT2D eigenvalue weighted by molar-refractivity contribution is 1.12. The minimum absolute atomic E-state index is 0.701. The third-order valence-electron chi connectivity index (χ3n) is 5.95. The van der Waals surface area contributed by atoms with Gasteiger partial charge in [0.1, 0.15) is 0 Å². The van der Waals surface area contributed by atoms with Gasteiger partial charge in [0.25, 0.3) is 0 Å². The van der Waals surface area contributed by atoms with Crippen molar-refractivity contribution in [1.82, 2.24) is 0 Å². The van der Waals surface area contributed by atoms with E-state index in [1.165, 1.54) is 38.3 Å². The Balaban J connectivity index is 1.62. The summed E-state index contributed by atoms with van der Waals surface area (Å²) in [5.74, 6) is 0. The fourth-order valence-electron chi connectivity index (χ4n) is 4.31. The van der Waals surface area contributed by atoms with Crippen molar-refractivity contribution in [3.63, 3.8) is 0 Å². The van der Waals surface area contributed by atoms with Crippen LogP contribution in [-0.4, -0.2) is 0 Å². The van der Waals surface area contributed by atoms with Crippen molar-refractivity contribution in [3.8, 4) is 0 Å². The molecule has 0 fully saturated rings. The van der Waals surface area contributed by atoms with Gasteiger partial charge < -0.3 is 5.32 Å². The number of nitrogens with one attached hydrogen (secondary N) is 1. The third-order valence-corrected chi connectivity index (χ3v) is 8.43. The van der Waals surface area contributed by atoms with E-state index in [2.05, 4.69) is 145 Å². The molecule has 0 saturated carbocycles. The van der Waals surface area contributed by atoms with Gasteiger partial charge in [0.05, 0.1) is 0 Å². The van der Waals surface area contributed by atoms with Crippen molar-refractivity contribution in [3.05, 3.63) is 156 Å². The van der Waals surface area contributed by atoms with Crippen LogP contribution in [0.3, 0.4) is 0 Å². The van der Waals surface area contributed by atoms with Crippen molar-refractivity contribution in [2.24, 2.45) is 0 Å². The molecule has 0 unspecified atom stereocenters. The van der Waals surface area contributed by atoms with Crippen molar-refractivity contribution in [1.29, 1.82) is 0 Å². The fraction of sp³-hybridized carbons (Fsp3) is 0.0625. The molecule has 5 aromatic carbocycles. The highest BCUT2D eigenvalue weighted by Gasteiger charge is 2.21. The number of hydrogen-bond donors (Lipinski definition) is 1. The monoisotopic (exact) mass is 457 g/mol. The van der Waals surface area contributed by atoms with Gasteiger partial charge in [-0.15, -0.1) is 0 Å². The first-order valence-corrected chi connectivity index (χ1v) is 13.1. The molecule has 0 heterocycles. The van der Waals surface area contributed by atoms with Gasteiger partial charge in [-0.2, -0.15) is 0 Å². The van der Waals surface area contributed by atoms with Crippen LogP contribution in [-0.2, 0) is 13.0 Å². The fourth-order valence-corrected chi connectivity index (χ4v) is 6.78. The van der Waals surface area contributed by atoms with Gasteiger partial charge in [-0.25, -0.2) is 0 Å². The van der Waals surface area contributed by atoms with E-state index in [4.69, 9.17) is 0 Å². The van der Waals surface area contributed by atoms with Crippen LogP contribution in [0.4, 0.5) is 5.69 Å². The smallest absolute Gasteiger partial charge is 0.0463 e. The zero-order valence-corrected chi connectivity index (χ0v) is 20.0. The number of anilines is 1. The number of hydrogen-bond acceptors (Lipinski definition) is 1. The molecular weight excluding hydrogens is 429 g/mol. The maximum atomic E-state index is 3.85. The lowest BCUT2D eigenvalue weighted by Crippen LogP contribution is -2.24. The number of para-hydroxylation sites is 1. The van der Waals surface area contributed by atoms with E-state index in [-0.39, 0.29) is 0 Å². The average molecular weight is 458 g/mol. The predicted octanol–water partition coefficient (Wildman–Crippen LogP) is 6.65. The summed E-state index contributed by atoms with van der Waals surface area (Å²) in [6, 6.07) is 50.1. The van der Waals surface area contributed by atoms with E-state index in [1.54, 1.807) is 0 Å². The summed E-state index contributed by atoms with van der Waals surface area (Å²) >= 11 is 0. The van der Waals surface area contributed by atoms with E-state index in [0.29, 0.717) is 0 Å². The lowest BCUT2D eigenvalue weighted by Gasteiger charge is -2.25. The van der Waals surface area contributed by atoms with Gasteiger partial charge >= 0.3 is 0 Å². The van der Waals surface area contributed by atoms with E-state index < -0.39 is 7.92 Å². The zero-order valence-electron chi connectivity index (χ0n) is 19.1. The van der Waals surface area contributed by atoms with Crippen LogP contribution in [0.15, 0.2) is 140 Å². The molecule has 0 aliphatic carbocycles. The molecule has 5 aromatic rings. The maximum absolute atomic E-state index is 3.85. The first kappa shape index (κ1) is 22.1. The predicted molar refractivity (Wildman–Crippen MR) is 148 cm³/mol. The topological polar surface area (TPSA) is 12.0 Å². The molecule has 0 atom stereocenters. The third kappa shape index (κ3) is 5.28. The molecule has 0 spiro atoms. The first-order chi connectivity index (χ1) is 16.9. The summed E-state index contributed by atoms with van der Waals surface area (Å²) in [5, 5.41) is 7.95. The Morgan fingerprint density at radius 2 is 0.971 bits per heavy atom. The quantitative estimate of drug-likeness (QED) is 0.257. The molecule has 0 aromatic heterocycles. The highest BCUT2D eigenvalue weighted by molar-refractivity contribution is 7.80. The highest BCUT2D eigenvalue weighted by atomic mass is 31.1. The molecule has 166 valence electrons. The van der Waals surface area contributed by atoms with Crippen molar-refractivity contribution in [2.45, 2.75) is 13.0 Å². The van der Waals surface area contributed by atoms with Crippen molar-refractivity contribution in [2.75, 3.05) is 5.32 Å². The normalized spacial score (nSPS) is 10.9. The SMILES string of the molecule is c1ccc(CNc2c(Cc3ccccc3)cccc2P(c2ccccc2)c2ccccc2)cc1. The van der Waals surface area contributed by atoms with Crippen molar-refractivity contribution < 1.29 is 0 Å². The minimum Gasteiger partial charge on any atom is -0.380 e. The van der Waals surface area contributed by atoms with Crippen LogP contribution in [0.2, 0.25) is 0 Å². The highest BCUT2D eigenvalue weighted by Crippen LogP contribution is 2.37. The van der Waals surface area contributed by atoms with Crippen LogP contribution >= 0.6 is 7.92 Å². The number of rotatable bonds is 8. The Morgan fingerprint density at radius 1 is 0.471 bits per heavy atom. The van der Waals surface area contributed by atoms with Gasteiger partial charge in [-0.05, 0) is 41.6 Å². The summed E-state index contributed by atoms with van der Waals surface area (Å²) in [4.78, 5) is 0. The number of benzene rings is 5. The van der Waals surface area contributed by atoms with Gasteiger partial charge in [0, 0.05) is 17.5 Å². The molecule has 2 heteroatoms. The molecule has 34 heavy (non-hydrogen) atoms. The second-order valence-corrected chi connectivity index (χ2v) is 10.5. The maximum Gasteiger partial charge on any atom is 0.0463 e. The molecular formula is C32H28NP. The Labute approximate surface area is 203 Å². The Morgan fingerprint density at radius 3 is 1.53 bits per heavy atom. The summed E-state index contributed by atoms with van der Waals surface area (Å²) in [5.41, 5.74) is 5.20. The largest absolute Gasteiger partial charge is 0.380 e. The Hall–Kier alpha value is -3.67. The average Bonchev–Trinajstić information content (AvgIpc) is 2.91. The Kier molecular flexibility index (Phi) is 7.14. The zero-order chi connectivity index (χ0) is 23.0. The van der Waals surface area contributed by atoms with Gasteiger partial charge in [-0.1, -0.05) is 140 Å². The van der Waals surface area contributed by atoms with Crippen LogP contribution < -0.4 is 21.2 Å². The molecule has 0 aliphatic rings. The molecule has 0 radical (unpaired) electrons. The lowest BCUT2D eigenvalue weighted by atomic mass is 10.0.